The lowest BCUT2D eigenvalue weighted by Crippen LogP contribution is -2.48. The van der Waals surface area contributed by atoms with E-state index in [0.29, 0.717) is 6.54 Å². The van der Waals surface area contributed by atoms with Crippen molar-refractivity contribution in [3.05, 3.63) is 22.4 Å². The van der Waals surface area contributed by atoms with Crippen molar-refractivity contribution < 1.29 is 9.53 Å². The number of morpholine rings is 1. The monoisotopic (exact) mass is 309 g/mol. The van der Waals surface area contributed by atoms with E-state index in [4.69, 9.17) is 10.5 Å². The van der Waals surface area contributed by atoms with E-state index in [1.807, 2.05) is 11.9 Å². The van der Waals surface area contributed by atoms with Gasteiger partial charge in [0, 0.05) is 31.6 Å². The van der Waals surface area contributed by atoms with Crippen molar-refractivity contribution >= 4 is 17.2 Å². The molecule has 2 fully saturated rings. The summed E-state index contributed by atoms with van der Waals surface area (Å²) in [6.45, 7) is 4.05. The van der Waals surface area contributed by atoms with Gasteiger partial charge in [0.15, 0.2) is 0 Å². The SMILES string of the molecule is CN(CC(c1cccs1)N1CCOCC1)C(=O)C1(N)CC1. The van der Waals surface area contributed by atoms with Crippen LogP contribution in [0.4, 0.5) is 0 Å². The van der Waals surface area contributed by atoms with Crippen LogP contribution in [0.15, 0.2) is 17.5 Å². The molecule has 1 aromatic rings. The lowest BCUT2D eigenvalue weighted by Gasteiger charge is -2.36. The Labute approximate surface area is 129 Å². The number of thiophene rings is 1. The molecule has 1 aliphatic heterocycles. The first-order valence-electron chi connectivity index (χ1n) is 7.50. The van der Waals surface area contributed by atoms with Crippen molar-refractivity contribution in [1.82, 2.24) is 9.80 Å². The Bertz CT molecular complexity index is 481. The first-order valence-corrected chi connectivity index (χ1v) is 8.38. The molecular weight excluding hydrogens is 286 g/mol. The summed E-state index contributed by atoms with van der Waals surface area (Å²) in [6, 6.07) is 4.46. The van der Waals surface area contributed by atoms with Gasteiger partial charge in [-0.25, -0.2) is 0 Å². The van der Waals surface area contributed by atoms with Crippen molar-refractivity contribution in [3.63, 3.8) is 0 Å². The van der Waals surface area contributed by atoms with Crippen molar-refractivity contribution in [3.8, 4) is 0 Å². The molecule has 0 spiro atoms. The van der Waals surface area contributed by atoms with Gasteiger partial charge in [-0.15, -0.1) is 11.3 Å². The Kier molecular flexibility index (Phi) is 4.31. The largest absolute Gasteiger partial charge is 0.379 e. The van der Waals surface area contributed by atoms with Crippen molar-refractivity contribution in [2.75, 3.05) is 39.9 Å². The summed E-state index contributed by atoms with van der Waals surface area (Å²) < 4.78 is 5.45. The Balaban J connectivity index is 1.71. The maximum Gasteiger partial charge on any atom is 0.242 e. The van der Waals surface area contributed by atoms with E-state index in [9.17, 15) is 4.79 Å². The molecule has 2 heterocycles. The molecule has 1 aliphatic carbocycles. The van der Waals surface area contributed by atoms with Gasteiger partial charge in [-0.1, -0.05) is 6.07 Å². The second-order valence-corrected chi connectivity index (χ2v) is 7.00. The van der Waals surface area contributed by atoms with E-state index in [2.05, 4.69) is 22.4 Å². The second-order valence-electron chi connectivity index (χ2n) is 6.02. The quantitative estimate of drug-likeness (QED) is 0.884. The number of nitrogens with two attached hydrogens (primary N) is 1. The Morgan fingerprint density at radius 2 is 2.24 bits per heavy atom. The van der Waals surface area contributed by atoms with Crippen LogP contribution in [0.3, 0.4) is 0 Å². The summed E-state index contributed by atoms with van der Waals surface area (Å²) in [7, 11) is 1.87. The molecule has 0 bridgehead atoms. The minimum Gasteiger partial charge on any atom is -0.379 e. The predicted molar refractivity (Wildman–Crippen MR) is 83.2 cm³/mol. The molecule has 1 unspecified atom stereocenters. The molecule has 0 aromatic carbocycles. The number of rotatable bonds is 5. The van der Waals surface area contributed by atoms with Crippen LogP contribution >= 0.6 is 11.3 Å². The summed E-state index contributed by atoms with van der Waals surface area (Å²) in [5.41, 5.74) is 5.46. The average Bonchev–Trinajstić information content (AvgIpc) is 3.04. The summed E-state index contributed by atoms with van der Waals surface area (Å²) >= 11 is 1.75. The van der Waals surface area contributed by atoms with E-state index in [0.717, 1.165) is 39.1 Å². The molecule has 5 nitrogen and oxygen atoms in total. The van der Waals surface area contributed by atoms with Crippen LogP contribution in [0.5, 0.6) is 0 Å². The highest BCUT2D eigenvalue weighted by Crippen LogP contribution is 2.35. The molecule has 6 heteroatoms. The normalized spacial score (nSPS) is 22.8. The number of carbonyl (C=O) groups is 1. The van der Waals surface area contributed by atoms with Gasteiger partial charge in [0.25, 0.3) is 0 Å². The highest BCUT2D eigenvalue weighted by molar-refractivity contribution is 7.10. The van der Waals surface area contributed by atoms with Crippen LogP contribution < -0.4 is 5.73 Å². The fraction of sp³-hybridized carbons (Fsp3) is 0.667. The van der Waals surface area contributed by atoms with Crippen LogP contribution in [0.1, 0.15) is 23.8 Å². The molecule has 1 aromatic heterocycles. The lowest BCUT2D eigenvalue weighted by molar-refractivity contribution is -0.133. The fourth-order valence-corrected chi connectivity index (χ4v) is 3.68. The molecule has 2 aliphatic rings. The van der Waals surface area contributed by atoms with Gasteiger partial charge in [0.1, 0.15) is 0 Å². The molecule has 0 radical (unpaired) electrons. The highest BCUT2D eigenvalue weighted by atomic mass is 32.1. The third-order valence-corrected chi connectivity index (χ3v) is 5.34. The molecule has 1 amide bonds. The van der Waals surface area contributed by atoms with Gasteiger partial charge in [0.2, 0.25) is 5.91 Å². The highest BCUT2D eigenvalue weighted by Gasteiger charge is 2.47. The van der Waals surface area contributed by atoms with Gasteiger partial charge >= 0.3 is 0 Å². The van der Waals surface area contributed by atoms with E-state index >= 15 is 0 Å². The minimum absolute atomic E-state index is 0.0808. The van der Waals surface area contributed by atoms with E-state index in [-0.39, 0.29) is 11.9 Å². The summed E-state index contributed by atoms with van der Waals surface area (Å²) in [6.07, 6.45) is 1.63. The molecule has 2 N–H and O–H groups in total. The third kappa shape index (κ3) is 3.29. The topological polar surface area (TPSA) is 58.8 Å². The van der Waals surface area contributed by atoms with E-state index < -0.39 is 5.54 Å². The molecule has 1 saturated carbocycles. The zero-order valence-electron chi connectivity index (χ0n) is 12.5. The number of ether oxygens (including phenoxy) is 1. The second kappa shape index (κ2) is 6.04. The molecule has 21 heavy (non-hydrogen) atoms. The predicted octanol–water partition coefficient (Wildman–Crippen LogP) is 1.07. The Hall–Kier alpha value is -0.950. The van der Waals surface area contributed by atoms with Gasteiger partial charge in [-0.3, -0.25) is 9.69 Å². The zero-order valence-corrected chi connectivity index (χ0v) is 13.3. The van der Waals surface area contributed by atoms with Crippen molar-refractivity contribution in [1.29, 1.82) is 0 Å². The van der Waals surface area contributed by atoms with Crippen LogP contribution in [-0.2, 0) is 9.53 Å². The van der Waals surface area contributed by atoms with Gasteiger partial charge in [0.05, 0.1) is 24.8 Å². The number of carbonyl (C=O) groups excluding carboxylic acids is 1. The van der Waals surface area contributed by atoms with Crippen LogP contribution in [0.2, 0.25) is 0 Å². The number of likely N-dealkylation sites (N-methyl/N-ethyl adjacent to an activating group) is 1. The minimum atomic E-state index is -0.584. The molecular formula is C15H23N3O2S. The number of hydrogen-bond donors (Lipinski definition) is 1. The average molecular weight is 309 g/mol. The molecule has 116 valence electrons. The summed E-state index contributed by atoms with van der Waals surface area (Å²) in [5, 5.41) is 2.09. The van der Waals surface area contributed by atoms with Crippen molar-refractivity contribution in [2.45, 2.75) is 24.4 Å². The molecule has 1 saturated heterocycles. The van der Waals surface area contributed by atoms with Gasteiger partial charge in [-0.05, 0) is 24.3 Å². The summed E-state index contributed by atoms with van der Waals surface area (Å²) in [4.78, 5) is 17.9. The first kappa shape index (κ1) is 15.0. The van der Waals surface area contributed by atoms with Gasteiger partial charge in [-0.2, -0.15) is 0 Å². The first-order chi connectivity index (χ1) is 10.1. The standard InChI is InChI=1S/C15H23N3O2S/c1-17(14(19)15(16)4-5-15)11-12(13-3-2-10-21-13)18-6-8-20-9-7-18/h2-3,10,12H,4-9,11,16H2,1H3. The van der Waals surface area contributed by atoms with E-state index in [1.54, 1.807) is 11.3 Å². The maximum absolute atomic E-state index is 12.4. The number of hydrogen-bond acceptors (Lipinski definition) is 5. The zero-order chi connectivity index (χ0) is 14.9. The third-order valence-electron chi connectivity index (χ3n) is 4.37. The van der Waals surface area contributed by atoms with Crippen LogP contribution in [-0.4, -0.2) is 61.1 Å². The molecule has 1 atom stereocenters. The van der Waals surface area contributed by atoms with Crippen LogP contribution in [0.25, 0.3) is 0 Å². The number of nitrogens with zero attached hydrogens (tertiary/aromatic N) is 2. The van der Waals surface area contributed by atoms with Gasteiger partial charge < -0.3 is 15.4 Å². The fourth-order valence-electron chi connectivity index (χ4n) is 2.83. The summed E-state index contributed by atoms with van der Waals surface area (Å²) in [5.74, 6) is 0.0808. The van der Waals surface area contributed by atoms with Crippen LogP contribution in [0, 0.1) is 0 Å². The number of amides is 1. The molecule has 3 rings (SSSR count). The van der Waals surface area contributed by atoms with Crippen molar-refractivity contribution in [2.24, 2.45) is 5.73 Å². The smallest absolute Gasteiger partial charge is 0.242 e. The van der Waals surface area contributed by atoms with E-state index in [1.165, 1.54) is 4.88 Å². The lowest BCUT2D eigenvalue weighted by atomic mass is 10.1. The Morgan fingerprint density at radius 3 is 2.81 bits per heavy atom. The Morgan fingerprint density at radius 1 is 1.52 bits per heavy atom. The maximum atomic E-state index is 12.4.